The van der Waals surface area contributed by atoms with E-state index in [1.54, 1.807) is 6.20 Å². The second-order valence-corrected chi connectivity index (χ2v) is 7.03. The Morgan fingerprint density at radius 3 is 2.85 bits per heavy atom. The molecule has 2 heterocycles. The molecule has 3 rings (SSSR count). The van der Waals surface area contributed by atoms with Gasteiger partial charge in [0.2, 0.25) is 0 Å². The number of rotatable bonds is 8. The van der Waals surface area contributed by atoms with Crippen molar-refractivity contribution in [2.45, 2.75) is 9.79 Å². The van der Waals surface area contributed by atoms with Crippen molar-refractivity contribution in [3.05, 3.63) is 48.4 Å². The van der Waals surface area contributed by atoms with Crippen LogP contribution in [0, 0.1) is 0 Å². The third-order valence-electron chi connectivity index (χ3n) is 3.81. The van der Waals surface area contributed by atoms with Gasteiger partial charge in [-0.05, 0) is 53.2 Å². The molecule has 0 radical (unpaired) electrons. The fraction of sp³-hybridized carbons (Fsp3) is 0.125. The summed E-state index contributed by atoms with van der Waals surface area (Å²) in [5, 5.41) is 9.95. The monoisotopic (exact) mass is 403 g/mol. The van der Waals surface area contributed by atoms with E-state index < -0.39 is 0 Å². The first-order valence-electron chi connectivity index (χ1n) is 8.05. The Labute approximate surface area is 165 Å². The molecule has 10 N–H and O–H groups in total. The Hall–Kier alpha value is -2.28. The number of amidine groups is 1. The Balaban J connectivity index is 2.15. The van der Waals surface area contributed by atoms with Crippen LogP contribution in [0.4, 0.5) is 0 Å². The topological polar surface area (TPSA) is 158 Å². The fourth-order valence-corrected chi connectivity index (χ4v) is 4.14. The van der Waals surface area contributed by atoms with Crippen LogP contribution in [0.25, 0.3) is 16.8 Å². The van der Waals surface area contributed by atoms with E-state index in [0.717, 1.165) is 38.5 Å². The molecular formula is C16H21N9S2. The zero-order valence-corrected chi connectivity index (χ0v) is 16.1. The predicted molar refractivity (Wildman–Crippen MR) is 112 cm³/mol. The summed E-state index contributed by atoms with van der Waals surface area (Å²) in [4.78, 5) is 5.99. The maximum absolute atomic E-state index is 6.21. The molecule has 1 aromatic carbocycles. The molecule has 2 aromatic heterocycles. The minimum atomic E-state index is 0.243. The van der Waals surface area contributed by atoms with Gasteiger partial charge in [-0.2, -0.15) is 0 Å². The zero-order valence-electron chi connectivity index (χ0n) is 14.4. The lowest BCUT2D eigenvalue weighted by atomic mass is 10.00. The van der Waals surface area contributed by atoms with E-state index in [4.69, 9.17) is 22.4 Å². The highest BCUT2D eigenvalue weighted by Gasteiger charge is 2.19. The molecule has 142 valence electrons. The van der Waals surface area contributed by atoms with Crippen molar-refractivity contribution in [2.24, 2.45) is 27.6 Å². The molecule has 9 nitrogen and oxygen atoms in total. The molecule has 0 unspecified atom stereocenters. The summed E-state index contributed by atoms with van der Waals surface area (Å²) in [6, 6.07) is 7.89. The minimum absolute atomic E-state index is 0.243. The summed E-state index contributed by atoms with van der Waals surface area (Å²) >= 11 is 2.55. The number of pyridine rings is 1. The Kier molecular flexibility index (Phi) is 6.55. The molecule has 27 heavy (non-hydrogen) atoms. The van der Waals surface area contributed by atoms with E-state index in [1.165, 1.54) is 11.9 Å². The van der Waals surface area contributed by atoms with Crippen molar-refractivity contribution >= 4 is 35.4 Å². The maximum Gasteiger partial charge on any atom is 0.153 e. The number of aromatic nitrogens is 2. The second-order valence-electron chi connectivity index (χ2n) is 5.45. The van der Waals surface area contributed by atoms with Crippen molar-refractivity contribution in [2.75, 3.05) is 13.1 Å². The van der Waals surface area contributed by atoms with Crippen molar-refractivity contribution in [3.8, 4) is 11.1 Å². The van der Waals surface area contributed by atoms with Gasteiger partial charge >= 0.3 is 0 Å². The lowest BCUT2D eigenvalue weighted by Crippen LogP contribution is -2.24. The van der Waals surface area contributed by atoms with Crippen LogP contribution in [0.15, 0.2) is 57.7 Å². The minimum Gasteiger partial charge on any atom is -0.382 e. The van der Waals surface area contributed by atoms with Crippen molar-refractivity contribution in [1.29, 1.82) is 0 Å². The van der Waals surface area contributed by atoms with Gasteiger partial charge in [0.05, 0.1) is 0 Å². The van der Waals surface area contributed by atoms with Gasteiger partial charge in [0.1, 0.15) is 5.65 Å². The third kappa shape index (κ3) is 4.18. The molecule has 0 amide bonds. The van der Waals surface area contributed by atoms with E-state index in [1.807, 2.05) is 41.1 Å². The molecule has 0 aliphatic rings. The van der Waals surface area contributed by atoms with E-state index in [2.05, 4.69) is 20.3 Å². The quantitative estimate of drug-likeness (QED) is 0.0791. The number of nitrogens with two attached hydrogens (primary N) is 4. The van der Waals surface area contributed by atoms with Gasteiger partial charge in [-0.1, -0.05) is 6.07 Å². The number of hydrazone groups is 1. The number of hydrazine groups is 1. The van der Waals surface area contributed by atoms with Crippen LogP contribution in [-0.2, 0) is 0 Å². The summed E-state index contributed by atoms with van der Waals surface area (Å²) in [7, 11) is 0. The Bertz CT molecular complexity index is 954. The molecule has 0 saturated heterocycles. The normalized spacial score (nSPS) is 11.9. The first-order chi connectivity index (χ1) is 13.2. The first-order valence-corrected chi connectivity index (χ1v) is 9.75. The average molecular weight is 404 g/mol. The Morgan fingerprint density at radius 1 is 1.26 bits per heavy atom. The van der Waals surface area contributed by atoms with E-state index in [-0.39, 0.29) is 5.84 Å². The highest BCUT2D eigenvalue weighted by Crippen LogP contribution is 2.36. The molecule has 0 spiro atoms. The van der Waals surface area contributed by atoms with Gasteiger partial charge in [-0.25, -0.2) is 16.4 Å². The van der Waals surface area contributed by atoms with Gasteiger partial charge < -0.3 is 15.9 Å². The molecule has 3 aromatic rings. The van der Waals surface area contributed by atoms with E-state index >= 15 is 0 Å². The zero-order chi connectivity index (χ0) is 19.2. The molecule has 0 aliphatic heterocycles. The predicted octanol–water partition coefficient (Wildman–Crippen LogP) is 0.606. The average Bonchev–Trinajstić information content (AvgIpc) is 3.15. The van der Waals surface area contributed by atoms with Crippen molar-refractivity contribution in [1.82, 2.24) is 19.6 Å². The molecule has 0 bridgehead atoms. The van der Waals surface area contributed by atoms with Crippen LogP contribution in [0.1, 0.15) is 5.56 Å². The van der Waals surface area contributed by atoms with Crippen molar-refractivity contribution in [3.63, 3.8) is 0 Å². The van der Waals surface area contributed by atoms with Crippen LogP contribution in [0.3, 0.4) is 0 Å². The number of hydrogen-bond acceptors (Lipinski definition) is 9. The third-order valence-corrected chi connectivity index (χ3v) is 5.51. The fourth-order valence-electron chi connectivity index (χ4n) is 2.65. The van der Waals surface area contributed by atoms with Crippen LogP contribution >= 0.6 is 23.9 Å². The molecule has 0 saturated carbocycles. The molecule has 0 aliphatic carbocycles. The van der Waals surface area contributed by atoms with Crippen molar-refractivity contribution < 1.29 is 0 Å². The number of fused-ring (bicyclic) bond motifs is 1. The number of nitrogens with one attached hydrogen (secondary N) is 2. The SMILES string of the molecule is NCCNSc1ccc(-c2ccc3nccn3c2)c(/C(N)=N/NN)c1SN. The maximum atomic E-state index is 6.21. The van der Waals surface area contributed by atoms with Gasteiger partial charge in [0.25, 0.3) is 0 Å². The lowest BCUT2D eigenvalue weighted by Gasteiger charge is -2.17. The molecule has 0 fully saturated rings. The van der Waals surface area contributed by atoms with E-state index in [9.17, 15) is 0 Å². The second kappa shape index (κ2) is 9.08. The van der Waals surface area contributed by atoms with E-state index in [0.29, 0.717) is 18.7 Å². The standard InChI is InChI=1S/C16H21N9S2/c17-5-6-22-27-12-3-2-11(14(15(12)26-20)16(18)23-24-19)10-1-4-13-21-7-8-25(13)9-10/h1-4,7-9,22,24H,5-6,17,19-20H2,(H2,18,23). The highest BCUT2D eigenvalue weighted by atomic mass is 32.2. The van der Waals surface area contributed by atoms with Crippen LogP contribution in [-0.4, -0.2) is 28.3 Å². The van der Waals surface area contributed by atoms with Gasteiger partial charge in [0.15, 0.2) is 5.84 Å². The summed E-state index contributed by atoms with van der Waals surface area (Å²) < 4.78 is 5.13. The molecule has 11 heteroatoms. The number of benzene rings is 1. The van der Waals surface area contributed by atoms with Crippen LogP contribution < -0.4 is 32.7 Å². The summed E-state index contributed by atoms with van der Waals surface area (Å²) in [5.74, 6) is 5.59. The number of nitrogens with zero attached hydrogens (tertiary/aromatic N) is 3. The van der Waals surface area contributed by atoms with Gasteiger partial charge in [-0.3, -0.25) is 9.86 Å². The smallest absolute Gasteiger partial charge is 0.153 e. The number of hydrogen-bond donors (Lipinski definition) is 6. The molecular weight excluding hydrogens is 382 g/mol. The molecule has 0 atom stereocenters. The van der Waals surface area contributed by atoms with Crippen LogP contribution in [0.5, 0.6) is 0 Å². The lowest BCUT2D eigenvalue weighted by molar-refractivity contribution is 0.803. The van der Waals surface area contributed by atoms with Crippen LogP contribution in [0.2, 0.25) is 0 Å². The van der Waals surface area contributed by atoms with Gasteiger partial charge in [-0.15, -0.1) is 5.10 Å². The first kappa shape index (κ1) is 19.5. The Morgan fingerprint density at radius 2 is 2.11 bits per heavy atom. The highest BCUT2D eigenvalue weighted by molar-refractivity contribution is 8.00. The van der Waals surface area contributed by atoms with Gasteiger partial charge in [0, 0.05) is 47.0 Å². The summed E-state index contributed by atoms with van der Waals surface area (Å²) in [6.07, 6.45) is 5.62. The summed E-state index contributed by atoms with van der Waals surface area (Å²) in [5.41, 5.74) is 17.4. The largest absolute Gasteiger partial charge is 0.382 e. The summed E-state index contributed by atoms with van der Waals surface area (Å²) in [6.45, 7) is 1.20. The number of imidazole rings is 1.